The molecular formula is C9H13FN2O5S. The number of nitrogen functional groups attached to an aromatic ring is 1. The Kier molecular flexibility index (Phi) is 6.06. The van der Waals surface area contributed by atoms with E-state index in [4.69, 9.17) is 33.6 Å². The first-order valence-electron chi connectivity index (χ1n) is 4.42. The van der Waals surface area contributed by atoms with Crippen LogP contribution in [0.2, 0.25) is 0 Å². The van der Waals surface area contributed by atoms with E-state index in [1.165, 1.54) is 0 Å². The lowest BCUT2D eigenvalue weighted by Crippen LogP contribution is -2.11. The summed E-state index contributed by atoms with van der Waals surface area (Å²) < 4.78 is 44.1. The quantitative estimate of drug-likeness (QED) is 0.325. The number of benzene rings is 1. The summed E-state index contributed by atoms with van der Waals surface area (Å²) in [5.41, 5.74) is 5.93. The fourth-order valence-corrected chi connectivity index (χ4v) is 0.963. The van der Waals surface area contributed by atoms with E-state index in [0.717, 1.165) is 0 Å². The lowest BCUT2D eigenvalue weighted by Gasteiger charge is -2.06. The number of amidine groups is 1. The van der Waals surface area contributed by atoms with Crippen LogP contribution in [0.1, 0.15) is 5.56 Å². The maximum Gasteiger partial charge on any atom is 0.435 e. The van der Waals surface area contributed by atoms with Gasteiger partial charge in [-0.25, -0.2) is 0 Å². The topological polar surface area (TPSA) is 123 Å². The fraction of sp³-hybridized carbons (Fsp3) is 0.222. The summed E-state index contributed by atoms with van der Waals surface area (Å²) in [6, 6.07) is 5.10. The predicted octanol–water partition coefficient (Wildman–Crippen LogP) is 0.747. The molecule has 0 aliphatic heterocycles. The Morgan fingerprint density at radius 2 is 1.61 bits per heavy atom. The van der Waals surface area contributed by atoms with Gasteiger partial charge >= 0.3 is 10.5 Å². The van der Waals surface area contributed by atoms with Crippen molar-refractivity contribution in [2.45, 2.75) is 0 Å². The molecule has 4 N–H and O–H groups in total. The van der Waals surface area contributed by atoms with Crippen LogP contribution >= 0.6 is 0 Å². The Balaban J connectivity index is 0.000000494. The standard InChI is InChI=1S/C9H12N2O2.FHO3S/c1-12-7-3-6(9(10)11)4-8(5-7)13-2;1-5(2,3)4/h3-5H,1-2H3,(H3,10,11);(H,2,3,4). The summed E-state index contributed by atoms with van der Waals surface area (Å²) in [5.74, 6) is 1.26. The highest BCUT2D eigenvalue weighted by molar-refractivity contribution is 7.80. The molecule has 0 radical (unpaired) electrons. The number of nitrogens with one attached hydrogen (secondary N) is 1. The van der Waals surface area contributed by atoms with Gasteiger partial charge in [0, 0.05) is 11.6 Å². The van der Waals surface area contributed by atoms with Crippen molar-refractivity contribution in [2.24, 2.45) is 5.73 Å². The molecule has 0 heterocycles. The Hall–Kier alpha value is -1.87. The molecule has 102 valence electrons. The average molecular weight is 280 g/mol. The molecule has 0 aromatic heterocycles. The van der Waals surface area contributed by atoms with E-state index in [1.54, 1.807) is 32.4 Å². The lowest BCUT2D eigenvalue weighted by molar-refractivity contribution is 0.394. The average Bonchev–Trinajstić information content (AvgIpc) is 2.26. The highest BCUT2D eigenvalue weighted by atomic mass is 32.3. The van der Waals surface area contributed by atoms with E-state index in [2.05, 4.69) is 0 Å². The molecule has 0 spiro atoms. The van der Waals surface area contributed by atoms with Crippen LogP contribution in [0.15, 0.2) is 18.2 Å². The first kappa shape index (κ1) is 16.1. The first-order valence-corrected chi connectivity index (χ1v) is 5.76. The van der Waals surface area contributed by atoms with Crippen LogP contribution in [0.4, 0.5) is 3.89 Å². The second kappa shape index (κ2) is 6.77. The van der Waals surface area contributed by atoms with Gasteiger partial charge in [-0.05, 0) is 12.1 Å². The summed E-state index contributed by atoms with van der Waals surface area (Å²) in [6.45, 7) is 0. The molecule has 1 rings (SSSR count). The minimum Gasteiger partial charge on any atom is -0.497 e. The molecule has 9 heteroatoms. The van der Waals surface area contributed by atoms with Crippen molar-refractivity contribution in [3.63, 3.8) is 0 Å². The number of nitrogens with two attached hydrogens (primary N) is 1. The Morgan fingerprint density at radius 1 is 1.28 bits per heavy atom. The normalized spacial score (nSPS) is 10.0. The van der Waals surface area contributed by atoms with Gasteiger partial charge in [0.2, 0.25) is 0 Å². The van der Waals surface area contributed by atoms with Crippen LogP contribution in [0, 0.1) is 5.41 Å². The predicted molar refractivity (Wildman–Crippen MR) is 63.2 cm³/mol. The smallest absolute Gasteiger partial charge is 0.435 e. The fourth-order valence-electron chi connectivity index (χ4n) is 0.963. The third-order valence-corrected chi connectivity index (χ3v) is 1.66. The van der Waals surface area contributed by atoms with Crippen LogP contribution in [-0.4, -0.2) is 33.0 Å². The Labute approximate surface area is 104 Å². The molecule has 0 bridgehead atoms. The van der Waals surface area contributed by atoms with Crippen LogP contribution < -0.4 is 15.2 Å². The van der Waals surface area contributed by atoms with Crippen molar-refractivity contribution in [2.75, 3.05) is 14.2 Å². The first-order chi connectivity index (χ1) is 8.17. The van der Waals surface area contributed by atoms with Gasteiger partial charge < -0.3 is 15.2 Å². The van der Waals surface area contributed by atoms with E-state index in [9.17, 15) is 3.89 Å². The molecular weight excluding hydrogens is 267 g/mol. The van der Waals surface area contributed by atoms with Gasteiger partial charge in [-0.3, -0.25) is 9.96 Å². The Morgan fingerprint density at radius 3 is 1.83 bits per heavy atom. The molecule has 0 fully saturated rings. The molecule has 0 amide bonds. The number of ether oxygens (including phenoxy) is 2. The third kappa shape index (κ3) is 7.41. The van der Waals surface area contributed by atoms with Gasteiger partial charge in [-0.1, -0.05) is 3.89 Å². The number of hydrogen-bond donors (Lipinski definition) is 3. The molecule has 0 saturated carbocycles. The maximum absolute atomic E-state index is 10.2. The van der Waals surface area contributed by atoms with Crippen molar-refractivity contribution in [1.82, 2.24) is 0 Å². The molecule has 0 saturated heterocycles. The van der Waals surface area contributed by atoms with Gasteiger partial charge in [-0.15, -0.1) is 0 Å². The SMILES string of the molecule is COc1cc(OC)cc(C(=N)N)c1.O=S(=O)(O)F. The number of hydrogen-bond acceptors (Lipinski definition) is 5. The van der Waals surface area contributed by atoms with Gasteiger partial charge in [0.15, 0.2) is 0 Å². The van der Waals surface area contributed by atoms with Crippen LogP contribution in [0.5, 0.6) is 11.5 Å². The van der Waals surface area contributed by atoms with E-state index in [0.29, 0.717) is 17.1 Å². The molecule has 0 atom stereocenters. The third-order valence-electron chi connectivity index (χ3n) is 1.66. The molecule has 18 heavy (non-hydrogen) atoms. The summed E-state index contributed by atoms with van der Waals surface area (Å²) >= 11 is 0. The molecule has 1 aromatic rings. The zero-order valence-corrected chi connectivity index (χ0v) is 10.5. The second-order valence-corrected chi connectivity index (χ2v) is 3.75. The zero-order valence-electron chi connectivity index (χ0n) is 9.68. The van der Waals surface area contributed by atoms with Gasteiger partial charge in [-0.2, -0.15) is 8.42 Å². The van der Waals surface area contributed by atoms with Crippen molar-refractivity contribution < 1.29 is 26.3 Å². The zero-order chi connectivity index (χ0) is 14.3. The summed E-state index contributed by atoms with van der Waals surface area (Å²) in [5, 5.41) is 7.25. The minimum atomic E-state index is -5.17. The molecule has 0 unspecified atom stereocenters. The van der Waals surface area contributed by atoms with Crippen molar-refractivity contribution in [3.05, 3.63) is 23.8 Å². The molecule has 7 nitrogen and oxygen atoms in total. The van der Waals surface area contributed by atoms with Gasteiger partial charge in [0.25, 0.3) is 0 Å². The molecule has 0 aliphatic carbocycles. The lowest BCUT2D eigenvalue weighted by atomic mass is 10.2. The van der Waals surface area contributed by atoms with Crippen molar-refractivity contribution in [3.8, 4) is 11.5 Å². The minimum absolute atomic E-state index is 0.00259. The number of halogens is 1. The largest absolute Gasteiger partial charge is 0.497 e. The monoisotopic (exact) mass is 280 g/mol. The highest BCUT2D eigenvalue weighted by Gasteiger charge is 2.03. The second-order valence-electron chi connectivity index (χ2n) is 2.93. The van der Waals surface area contributed by atoms with Crippen molar-refractivity contribution >= 4 is 16.3 Å². The molecule has 1 aromatic carbocycles. The maximum atomic E-state index is 10.2. The van der Waals surface area contributed by atoms with E-state index in [-0.39, 0.29) is 5.84 Å². The highest BCUT2D eigenvalue weighted by Crippen LogP contribution is 2.21. The van der Waals surface area contributed by atoms with Crippen LogP contribution in [0.3, 0.4) is 0 Å². The van der Waals surface area contributed by atoms with Crippen LogP contribution in [-0.2, 0) is 10.5 Å². The van der Waals surface area contributed by atoms with Crippen LogP contribution in [0.25, 0.3) is 0 Å². The van der Waals surface area contributed by atoms with E-state index in [1.807, 2.05) is 0 Å². The summed E-state index contributed by atoms with van der Waals surface area (Å²) in [7, 11) is -2.06. The number of rotatable bonds is 3. The van der Waals surface area contributed by atoms with Gasteiger partial charge in [0.1, 0.15) is 17.3 Å². The van der Waals surface area contributed by atoms with E-state index >= 15 is 0 Å². The van der Waals surface area contributed by atoms with E-state index < -0.39 is 10.5 Å². The number of methoxy groups -OCH3 is 2. The Bertz CT molecular complexity index is 487. The molecule has 0 aliphatic rings. The van der Waals surface area contributed by atoms with Gasteiger partial charge in [0.05, 0.1) is 14.2 Å². The van der Waals surface area contributed by atoms with Crippen molar-refractivity contribution in [1.29, 1.82) is 5.41 Å². The summed E-state index contributed by atoms with van der Waals surface area (Å²) in [4.78, 5) is 0. The summed E-state index contributed by atoms with van der Waals surface area (Å²) in [6.07, 6.45) is 0.